The lowest BCUT2D eigenvalue weighted by molar-refractivity contribution is 0.0730. The molecule has 2 heterocycles. The number of hydrogen-bond donors (Lipinski definition) is 1. The van der Waals surface area contributed by atoms with Gasteiger partial charge in [0.25, 0.3) is 0 Å². The summed E-state index contributed by atoms with van der Waals surface area (Å²) in [5, 5.41) is 0. The third-order valence-corrected chi connectivity index (χ3v) is 9.24. The molecule has 0 aliphatic carbocycles. The number of sulfonamides is 2. The van der Waals surface area contributed by atoms with Gasteiger partial charge >= 0.3 is 0 Å². The molecule has 0 radical (unpaired) electrons. The SMILES string of the molecule is O=S(=O)(NCc1ccccc1CN1CCCC1)c1ccc(S(=O)(=O)N2CCOCC2)cc1. The van der Waals surface area contributed by atoms with Crippen LogP contribution in [0.2, 0.25) is 0 Å². The molecule has 2 aromatic carbocycles. The Balaban J connectivity index is 1.44. The van der Waals surface area contributed by atoms with E-state index in [9.17, 15) is 16.8 Å². The highest BCUT2D eigenvalue weighted by Gasteiger charge is 2.27. The van der Waals surface area contributed by atoms with Gasteiger partial charge in [0.1, 0.15) is 0 Å². The second-order valence-corrected chi connectivity index (χ2v) is 11.8. The van der Waals surface area contributed by atoms with Gasteiger partial charge in [-0.1, -0.05) is 24.3 Å². The van der Waals surface area contributed by atoms with Gasteiger partial charge in [-0.25, -0.2) is 21.6 Å². The van der Waals surface area contributed by atoms with Gasteiger partial charge in [-0.2, -0.15) is 4.31 Å². The molecule has 0 bridgehead atoms. The molecule has 32 heavy (non-hydrogen) atoms. The first-order chi connectivity index (χ1) is 15.4. The molecular formula is C22H29N3O5S2. The summed E-state index contributed by atoms with van der Waals surface area (Å²) in [7, 11) is -7.44. The Hall–Kier alpha value is -1.82. The number of hydrogen-bond acceptors (Lipinski definition) is 6. The van der Waals surface area contributed by atoms with Crippen LogP contribution in [0, 0.1) is 0 Å². The predicted octanol–water partition coefficient (Wildman–Crippen LogP) is 1.78. The summed E-state index contributed by atoms with van der Waals surface area (Å²) in [4.78, 5) is 2.49. The number of nitrogens with one attached hydrogen (secondary N) is 1. The van der Waals surface area contributed by atoms with Crippen LogP contribution in [0.5, 0.6) is 0 Å². The summed E-state index contributed by atoms with van der Waals surface area (Å²) in [5.41, 5.74) is 2.05. The Kier molecular flexibility index (Phi) is 7.28. The first-order valence-corrected chi connectivity index (χ1v) is 13.8. The fourth-order valence-electron chi connectivity index (χ4n) is 4.05. The van der Waals surface area contributed by atoms with E-state index in [2.05, 4.69) is 9.62 Å². The van der Waals surface area contributed by atoms with E-state index >= 15 is 0 Å². The van der Waals surface area contributed by atoms with Crippen LogP contribution in [0.3, 0.4) is 0 Å². The Labute approximate surface area is 190 Å². The number of morpholine rings is 1. The number of ether oxygens (including phenoxy) is 1. The third kappa shape index (κ3) is 5.38. The molecule has 0 spiro atoms. The molecule has 10 heteroatoms. The zero-order chi connectivity index (χ0) is 22.6. The van der Waals surface area contributed by atoms with Crippen molar-refractivity contribution < 1.29 is 21.6 Å². The second-order valence-electron chi connectivity index (χ2n) is 8.06. The van der Waals surface area contributed by atoms with E-state index in [4.69, 9.17) is 4.74 Å². The largest absolute Gasteiger partial charge is 0.379 e. The highest BCUT2D eigenvalue weighted by Crippen LogP contribution is 2.20. The highest BCUT2D eigenvalue weighted by atomic mass is 32.2. The van der Waals surface area contributed by atoms with E-state index in [1.54, 1.807) is 0 Å². The molecule has 4 rings (SSSR count). The summed E-state index contributed by atoms with van der Waals surface area (Å²) in [6.45, 7) is 4.43. The molecule has 2 fully saturated rings. The van der Waals surface area contributed by atoms with Gasteiger partial charge in [-0.3, -0.25) is 4.90 Å². The minimum absolute atomic E-state index is 0.0375. The van der Waals surface area contributed by atoms with Crippen molar-refractivity contribution in [1.82, 2.24) is 13.9 Å². The van der Waals surface area contributed by atoms with E-state index in [0.29, 0.717) is 26.3 Å². The number of rotatable bonds is 8. The molecule has 2 saturated heterocycles. The second kappa shape index (κ2) is 9.98. The van der Waals surface area contributed by atoms with E-state index < -0.39 is 20.0 Å². The van der Waals surface area contributed by atoms with Crippen LogP contribution in [0.1, 0.15) is 24.0 Å². The van der Waals surface area contributed by atoms with E-state index in [-0.39, 0.29) is 16.3 Å². The monoisotopic (exact) mass is 479 g/mol. The van der Waals surface area contributed by atoms with Gasteiger partial charge in [0, 0.05) is 26.2 Å². The Bertz CT molecular complexity index is 1120. The van der Waals surface area contributed by atoms with Crippen LogP contribution < -0.4 is 4.72 Å². The van der Waals surface area contributed by atoms with Crippen molar-refractivity contribution in [1.29, 1.82) is 0 Å². The number of nitrogens with zero attached hydrogens (tertiary/aromatic N) is 2. The molecule has 0 aromatic heterocycles. The maximum absolute atomic E-state index is 12.8. The van der Waals surface area contributed by atoms with E-state index in [1.807, 2.05) is 24.3 Å². The van der Waals surface area contributed by atoms with Crippen molar-refractivity contribution >= 4 is 20.0 Å². The van der Waals surface area contributed by atoms with Crippen molar-refractivity contribution in [2.24, 2.45) is 0 Å². The maximum Gasteiger partial charge on any atom is 0.243 e. The molecule has 2 aliphatic rings. The summed E-state index contributed by atoms with van der Waals surface area (Å²) >= 11 is 0. The molecule has 0 unspecified atom stereocenters. The van der Waals surface area contributed by atoms with Gasteiger partial charge in [0.05, 0.1) is 23.0 Å². The first kappa shape index (κ1) is 23.3. The summed E-state index contributed by atoms with van der Waals surface area (Å²) in [6, 6.07) is 13.2. The molecule has 174 valence electrons. The summed E-state index contributed by atoms with van der Waals surface area (Å²) in [5.74, 6) is 0. The smallest absolute Gasteiger partial charge is 0.243 e. The molecular weight excluding hydrogens is 450 g/mol. The lowest BCUT2D eigenvalue weighted by Gasteiger charge is -2.26. The van der Waals surface area contributed by atoms with Crippen LogP contribution in [0.15, 0.2) is 58.3 Å². The van der Waals surface area contributed by atoms with E-state index in [0.717, 1.165) is 30.8 Å². The zero-order valence-corrected chi connectivity index (χ0v) is 19.6. The minimum atomic E-state index is -3.78. The van der Waals surface area contributed by atoms with Crippen molar-refractivity contribution in [3.63, 3.8) is 0 Å². The van der Waals surface area contributed by atoms with Gasteiger partial charge < -0.3 is 4.74 Å². The molecule has 0 amide bonds. The van der Waals surface area contributed by atoms with Crippen LogP contribution >= 0.6 is 0 Å². The quantitative estimate of drug-likeness (QED) is 0.620. The minimum Gasteiger partial charge on any atom is -0.379 e. The maximum atomic E-state index is 12.8. The Morgan fingerprint density at radius 2 is 1.38 bits per heavy atom. The van der Waals surface area contributed by atoms with Gasteiger partial charge in [0.15, 0.2) is 0 Å². The average Bonchev–Trinajstić information content (AvgIpc) is 3.32. The fourth-order valence-corrected chi connectivity index (χ4v) is 6.46. The first-order valence-electron chi connectivity index (χ1n) is 10.8. The normalized spacial score (nSPS) is 18.8. The predicted molar refractivity (Wildman–Crippen MR) is 121 cm³/mol. The summed E-state index contributed by atoms with van der Waals surface area (Å²) in [6.07, 6.45) is 2.40. The number of benzene rings is 2. The van der Waals surface area contributed by atoms with Crippen molar-refractivity contribution in [2.75, 3.05) is 39.4 Å². The van der Waals surface area contributed by atoms with Crippen LogP contribution in [-0.2, 0) is 37.9 Å². The zero-order valence-electron chi connectivity index (χ0n) is 17.9. The number of likely N-dealkylation sites (tertiary alicyclic amines) is 1. The lowest BCUT2D eigenvalue weighted by Crippen LogP contribution is -2.40. The van der Waals surface area contributed by atoms with Crippen molar-refractivity contribution in [3.8, 4) is 0 Å². The van der Waals surface area contributed by atoms with Crippen LogP contribution in [0.4, 0.5) is 0 Å². The molecule has 0 saturated carbocycles. The van der Waals surface area contributed by atoms with Crippen molar-refractivity contribution in [3.05, 3.63) is 59.7 Å². The summed E-state index contributed by atoms with van der Waals surface area (Å²) < 4.78 is 60.4. The lowest BCUT2D eigenvalue weighted by atomic mass is 10.1. The van der Waals surface area contributed by atoms with Crippen LogP contribution in [-0.4, -0.2) is 65.4 Å². The third-order valence-electron chi connectivity index (χ3n) is 5.91. The van der Waals surface area contributed by atoms with Gasteiger partial charge in [-0.15, -0.1) is 0 Å². The molecule has 2 aromatic rings. The molecule has 8 nitrogen and oxygen atoms in total. The van der Waals surface area contributed by atoms with E-state index in [1.165, 1.54) is 41.4 Å². The van der Waals surface area contributed by atoms with Crippen molar-refractivity contribution in [2.45, 2.75) is 35.7 Å². The highest BCUT2D eigenvalue weighted by molar-refractivity contribution is 7.89. The average molecular weight is 480 g/mol. The van der Waals surface area contributed by atoms with Gasteiger partial charge in [-0.05, 0) is 61.3 Å². The van der Waals surface area contributed by atoms with Gasteiger partial charge in [0.2, 0.25) is 20.0 Å². The molecule has 0 atom stereocenters. The topological polar surface area (TPSA) is 96.0 Å². The standard InChI is InChI=1S/C22H29N3O5S2/c26-31(27,23-17-19-5-1-2-6-20(19)18-24-11-3-4-12-24)21-7-9-22(10-8-21)32(28,29)25-13-15-30-16-14-25/h1-2,5-10,23H,3-4,11-18H2. The molecule has 2 aliphatic heterocycles. The Morgan fingerprint density at radius 1 is 0.781 bits per heavy atom. The fraction of sp³-hybridized carbons (Fsp3) is 0.455. The van der Waals surface area contributed by atoms with Crippen LogP contribution in [0.25, 0.3) is 0 Å². The Morgan fingerprint density at radius 3 is 2.03 bits per heavy atom. The molecule has 1 N–H and O–H groups in total.